The molecule has 1 unspecified atom stereocenters. The minimum Gasteiger partial charge on any atom is -0.479 e. The largest absolute Gasteiger partial charge is 0.479 e. The van der Waals surface area contributed by atoms with Crippen molar-refractivity contribution in [1.82, 2.24) is 0 Å². The average molecular weight is 274 g/mol. The number of carboxylic acid groups (broad SMARTS) is 1. The monoisotopic (exact) mass is 274 g/mol. The van der Waals surface area contributed by atoms with Crippen molar-refractivity contribution >= 4 is 18.6 Å². The number of aliphatic carboxylic acids is 1. The van der Waals surface area contributed by atoms with Crippen LogP contribution in [0.5, 0.6) is 0 Å². The molecule has 0 aliphatic heterocycles. The van der Waals surface area contributed by atoms with E-state index in [0.717, 1.165) is 16.0 Å². The zero-order chi connectivity index (χ0) is 14.0. The van der Waals surface area contributed by atoms with Crippen molar-refractivity contribution < 1.29 is 15.0 Å². The lowest BCUT2D eigenvalue weighted by molar-refractivity contribution is -0.157. The van der Waals surface area contributed by atoms with Crippen LogP contribution < -0.4 is 0 Å². The van der Waals surface area contributed by atoms with Crippen molar-refractivity contribution in [2.45, 2.75) is 17.4 Å². The molecule has 0 radical (unpaired) electrons. The maximum Gasteiger partial charge on any atom is 0.340 e. The second-order valence-electron chi connectivity index (χ2n) is 4.47. The van der Waals surface area contributed by atoms with Gasteiger partial charge in [0.2, 0.25) is 0 Å². The lowest BCUT2D eigenvalue weighted by Crippen LogP contribution is -2.31. The van der Waals surface area contributed by atoms with Gasteiger partial charge in [-0.2, -0.15) is 0 Å². The van der Waals surface area contributed by atoms with Crippen LogP contribution in [0.15, 0.2) is 53.4 Å². The molecule has 0 saturated heterocycles. The third kappa shape index (κ3) is 2.64. The molecular weight excluding hydrogens is 260 g/mol. The van der Waals surface area contributed by atoms with Crippen LogP contribution in [-0.4, -0.2) is 16.2 Å². The number of carbonyl (C=O) groups is 1. The van der Waals surface area contributed by atoms with Crippen LogP contribution in [0.3, 0.4) is 0 Å². The zero-order valence-corrected chi connectivity index (χ0v) is 11.3. The fourth-order valence-corrected chi connectivity index (χ4v) is 2.11. The van der Waals surface area contributed by atoms with Gasteiger partial charge >= 0.3 is 5.97 Å². The molecule has 0 aromatic heterocycles. The van der Waals surface area contributed by atoms with E-state index in [1.54, 1.807) is 24.3 Å². The molecule has 0 spiro atoms. The topological polar surface area (TPSA) is 57.5 Å². The van der Waals surface area contributed by atoms with E-state index in [1.807, 2.05) is 24.3 Å². The second kappa shape index (κ2) is 5.07. The Bertz CT molecular complexity index is 603. The molecule has 2 N–H and O–H groups in total. The lowest BCUT2D eigenvalue weighted by Gasteiger charge is -2.18. The molecular formula is C15H14O3S. The standard InChI is InChI=1S/C15H14O3S/c1-15(18,14(16)17)11-8-6-10(7-9-11)12-4-2-3-5-13(12)19/h2-9,18-19H,1H3,(H,16,17). The van der Waals surface area contributed by atoms with Crippen LogP contribution in [0.4, 0.5) is 0 Å². The highest BCUT2D eigenvalue weighted by atomic mass is 32.1. The van der Waals surface area contributed by atoms with E-state index in [-0.39, 0.29) is 0 Å². The highest BCUT2D eigenvalue weighted by Gasteiger charge is 2.31. The molecule has 0 heterocycles. The van der Waals surface area contributed by atoms with Crippen molar-refractivity contribution in [3.8, 4) is 11.1 Å². The summed E-state index contributed by atoms with van der Waals surface area (Å²) in [6, 6.07) is 14.4. The van der Waals surface area contributed by atoms with Crippen molar-refractivity contribution in [3.63, 3.8) is 0 Å². The number of hydrogen-bond donors (Lipinski definition) is 3. The quantitative estimate of drug-likeness (QED) is 0.754. The summed E-state index contributed by atoms with van der Waals surface area (Å²) in [5.74, 6) is -1.27. The molecule has 4 heteroatoms. The van der Waals surface area contributed by atoms with Crippen LogP contribution >= 0.6 is 12.6 Å². The van der Waals surface area contributed by atoms with Gasteiger partial charge < -0.3 is 10.2 Å². The highest BCUT2D eigenvalue weighted by molar-refractivity contribution is 7.80. The van der Waals surface area contributed by atoms with Crippen LogP contribution in [0.1, 0.15) is 12.5 Å². The van der Waals surface area contributed by atoms with Gasteiger partial charge in [0.05, 0.1) is 0 Å². The summed E-state index contributed by atoms with van der Waals surface area (Å²) in [4.78, 5) is 11.8. The summed E-state index contributed by atoms with van der Waals surface area (Å²) in [7, 11) is 0. The minimum atomic E-state index is -1.88. The molecule has 0 saturated carbocycles. The van der Waals surface area contributed by atoms with Crippen molar-refractivity contribution in [2.24, 2.45) is 0 Å². The molecule has 0 fully saturated rings. The lowest BCUT2D eigenvalue weighted by atomic mass is 9.94. The summed E-state index contributed by atoms with van der Waals surface area (Å²) in [6.07, 6.45) is 0. The normalized spacial score (nSPS) is 13.8. The van der Waals surface area contributed by atoms with Gasteiger partial charge in [-0.25, -0.2) is 4.79 Å². The summed E-state index contributed by atoms with van der Waals surface area (Å²) in [6.45, 7) is 1.26. The van der Waals surface area contributed by atoms with Crippen molar-refractivity contribution in [3.05, 3.63) is 54.1 Å². The number of hydrogen-bond acceptors (Lipinski definition) is 3. The van der Waals surface area contributed by atoms with E-state index < -0.39 is 11.6 Å². The maximum absolute atomic E-state index is 11.0. The first-order chi connectivity index (χ1) is 8.93. The fraction of sp³-hybridized carbons (Fsp3) is 0.133. The van der Waals surface area contributed by atoms with Crippen LogP contribution in [-0.2, 0) is 10.4 Å². The third-order valence-electron chi connectivity index (χ3n) is 3.08. The smallest absolute Gasteiger partial charge is 0.340 e. The van der Waals surface area contributed by atoms with Gasteiger partial charge in [-0.3, -0.25) is 0 Å². The molecule has 19 heavy (non-hydrogen) atoms. The highest BCUT2D eigenvalue weighted by Crippen LogP contribution is 2.28. The van der Waals surface area contributed by atoms with E-state index in [0.29, 0.717) is 5.56 Å². The number of benzene rings is 2. The first kappa shape index (κ1) is 13.6. The molecule has 2 rings (SSSR count). The van der Waals surface area contributed by atoms with E-state index in [1.165, 1.54) is 6.92 Å². The number of carboxylic acids is 1. The maximum atomic E-state index is 11.0. The summed E-state index contributed by atoms with van der Waals surface area (Å²) < 4.78 is 0. The average Bonchev–Trinajstić information content (AvgIpc) is 2.39. The molecule has 0 bridgehead atoms. The Labute approximate surface area is 116 Å². The summed E-state index contributed by atoms with van der Waals surface area (Å²) >= 11 is 4.38. The van der Waals surface area contributed by atoms with Crippen LogP contribution in [0.2, 0.25) is 0 Å². The van der Waals surface area contributed by atoms with E-state index in [2.05, 4.69) is 12.6 Å². The van der Waals surface area contributed by atoms with Gasteiger partial charge in [-0.1, -0.05) is 42.5 Å². The molecule has 2 aromatic carbocycles. The molecule has 0 amide bonds. The summed E-state index contributed by atoms with van der Waals surface area (Å²) in [5, 5.41) is 18.8. The van der Waals surface area contributed by atoms with E-state index >= 15 is 0 Å². The molecule has 0 aliphatic rings. The predicted molar refractivity (Wildman–Crippen MR) is 76.3 cm³/mol. The molecule has 3 nitrogen and oxygen atoms in total. The van der Waals surface area contributed by atoms with Crippen LogP contribution in [0, 0.1) is 0 Å². The number of thiol groups is 1. The van der Waals surface area contributed by atoms with Crippen LogP contribution in [0.25, 0.3) is 11.1 Å². The Hall–Kier alpha value is -1.78. The Balaban J connectivity index is 2.40. The first-order valence-electron chi connectivity index (χ1n) is 5.77. The van der Waals surface area contributed by atoms with Crippen molar-refractivity contribution in [1.29, 1.82) is 0 Å². The van der Waals surface area contributed by atoms with Gasteiger partial charge in [0, 0.05) is 4.90 Å². The van der Waals surface area contributed by atoms with Gasteiger partial charge in [0.25, 0.3) is 0 Å². The SMILES string of the molecule is CC(O)(C(=O)O)c1ccc(-c2ccccc2S)cc1. The first-order valence-corrected chi connectivity index (χ1v) is 6.22. The molecule has 1 atom stereocenters. The molecule has 98 valence electrons. The molecule has 2 aromatic rings. The van der Waals surface area contributed by atoms with Gasteiger partial charge in [0.15, 0.2) is 5.60 Å². The Morgan fingerprint density at radius 3 is 2.21 bits per heavy atom. The van der Waals surface area contributed by atoms with Gasteiger partial charge in [-0.15, -0.1) is 12.6 Å². The zero-order valence-electron chi connectivity index (χ0n) is 10.4. The van der Waals surface area contributed by atoms with E-state index in [4.69, 9.17) is 5.11 Å². The number of aliphatic hydroxyl groups is 1. The van der Waals surface area contributed by atoms with Gasteiger partial charge in [-0.05, 0) is 29.7 Å². The summed E-state index contributed by atoms with van der Waals surface area (Å²) in [5.41, 5.74) is 0.363. The van der Waals surface area contributed by atoms with E-state index in [9.17, 15) is 9.90 Å². The predicted octanol–water partition coefficient (Wildman–Crippen LogP) is 2.93. The molecule has 0 aliphatic carbocycles. The number of rotatable bonds is 3. The van der Waals surface area contributed by atoms with Gasteiger partial charge in [0.1, 0.15) is 0 Å². The van der Waals surface area contributed by atoms with Crippen molar-refractivity contribution in [2.75, 3.05) is 0 Å². The Morgan fingerprint density at radius 1 is 1.11 bits per heavy atom. The Kier molecular flexibility index (Phi) is 3.64. The minimum absolute atomic E-state index is 0.348. The second-order valence-corrected chi connectivity index (χ2v) is 4.95. The Morgan fingerprint density at radius 2 is 1.68 bits per heavy atom. The third-order valence-corrected chi connectivity index (χ3v) is 3.47. The fourth-order valence-electron chi connectivity index (χ4n) is 1.82.